The van der Waals surface area contributed by atoms with Gasteiger partial charge in [-0.3, -0.25) is 14.4 Å². The van der Waals surface area contributed by atoms with Crippen LogP contribution in [0.5, 0.6) is 11.5 Å². The molecule has 4 aliphatic rings. The van der Waals surface area contributed by atoms with E-state index in [1.165, 1.54) is 22.3 Å². The number of methoxy groups -OCH3 is 1. The third kappa shape index (κ3) is 9.69. The highest BCUT2D eigenvalue weighted by Crippen LogP contribution is 2.45. The summed E-state index contributed by atoms with van der Waals surface area (Å²) in [5.74, 6) is -2.03. The standard InChI is InChI=1S/C44H56N6O9S/c1-6-26-21-44(26,40(54)55)49-38(52)34-19-29(23-50(34)39(53)37(25-12-8-7-9-13-25)48-42(56)59-27-14-10-11-15-27)58-35-20-32(45-31-18-28(57-5)16-17-30(31)35)33-24-60-41(46-33)47-36(51)22-43(2,3)4/h6,16-18,20,24-27,29,34,37H,1,7-15,19,21-23H2,2-5H3,(H,48,56)(H,49,52)(H,54,55)(H,46,47,51)/t26-,29-,34+,37+,44-/m1/s1. The third-order valence-corrected chi connectivity index (χ3v) is 12.8. The molecule has 3 heterocycles. The van der Waals surface area contributed by atoms with E-state index in [0.29, 0.717) is 45.3 Å². The summed E-state index contributed by atoms with van der Waals surface area (Å²) in [7, 11) is 1.56. The van der Waals surface area contributed by atoms with Crippen LogP contribution < -0.4 is 25.4 Å². The molecule has 1 aromatic carbocycles. The molecular formula is C44H56N6O9S. The molecule has 4 fully saturated rings. The van der Waals surface area contributed by atoms with Gasteiger partial charge in [-0.05, 0) is 68.4 Å². The molecule has 3 saturated carbocycles. The minimum Gasteiger partial charge on any atom is -0.497 e. The molecule has 16 heteroatoms. The summed E-state index contributed by atoms with van der Waals surface area (Å²) in [6, 6.07) is 5.06. The first-order valence-electron chi connectivity index (χ1n) is 21.0. The number of alkyl carbamates (subject to hydrolysis) is 1. The summed E-state index contributed by atoms with van der Waals surface area (Å²) in [5.41, 5.74) is -0.205. The van der Waals surface area contributed by atoms with Crippen LogP contribution in [-0.2, 0) is 23.9 Å². The number of carboxylic acids is 1. The van der Waals surface area contributed by atoms with Gasteiger partial charge in [-0.1, -0.05) is 46.1 Å². The number of likely N-dealkylation sites (tertiary alicyclic amines) is 1. The largest absolute Gasteiger partial charge is 0.497 e. The van der Waals surface area contributed by atoms with Gasteiger partial charge in [-0.15, -0.1) is 17.9 Å². The van der Waals surface area contributed by atoms with E-state index in [4.69, 9.17) is 19.2 Å². The quantitative estimate of drug-likeness (QED) is 0.124. The highest BCUT2D eigenvalue weighted by molar-refractivity contribution is 7.14. The summed E-state index contributed by atoms with van der Waals surface area (Å²) in [5, 5.41) is 21.6. The van der Waals surface area contributed by atoms with Gasteiger partial charge in [0, 0.05) is 41.7 Å². The van der Waals surface area contributed by atoms with Crippen molar-refractivity contribution in [3.8, 4) is 22.9 Å². The van der Waals surface area contributed by atoms with Crippen molar-refractivity contribution in [3.63, 3.8) is 0 Å². The molecule has 5 atom stereocenters. The number of anilines is 1. The maximum absolute atomic E-state index is 14.9. The Morgan fingerprint density at radius 1 is 1.02 bits per heavy atom. The van der Waals surface area contributed by atoms with E-state index in [1.807, 2.05) is 26.8 Å². The van der Waals surface area contributed by atoms with Crippen LogP contribution in [0.1, 0.15) is 97.8 Å². The zero-order valence-corrected chi connectivity index (χ0v) is 35.6. The maximum atomic E-state index is 14.9. The van der Waals surface area contributed by atoms with Gasteiger partial charge >= 0.3 is 12.1 Å². The Bertz CT molecular complexity index is 2120. The van der Waals surface area contributed by atoms with Gasteiger partial charge in [0.2, 0.25) is 17.7 Å². The highest BCUT2D eigenvalue weighted by atomic mass is 32.1. The monoisotopic (exact) mass is 844 g/mol. The molecule has 60 heavy (non-hydrogen) atoms. The number of rotatable bonds is 14. The Hall–Kier alpha value is -5.25. The molecule has 322 valence electrons. The van der Waals surface area contributed by atoms with Crippen molar-refractivity contribution in [1.82, 2.24) is 25.5 Å². The van der Waals surface area contributed by atoms with Crippen molar-refractivity contribution in [2.75, 3.05) is 19.0 Å². The Morgan fingerprint density at radius 3 is 2.42 bits per heavy atom. The van der Waals surface area contributed by atoms with Crippen molar-refractivity contribution in [2.45, 2.75) is 128 Å². The number of benzene rings is 1. The van der Waals surface area contributed by atoms with E-state index >= 15 is 0 Å². The number of carbonyl (C=O) groups is 5. The number of aromatic nitrogens is 2. The van der Waals surface area contributed by atoms with Crippen molar-refractivity contribution in [1.29, 1.82) is 0 Å². The van der Waals surface area contributed by atoms with Gasteiger partial charge < -0.3 is 40.2 Å². The summed E-state index contributed by atoms with van der Waals surface area (Å²) in [6.07, 6.45) is 8.26. The lowest BCUT2D eigenvalue weighted by Gasteiger charge is -2.34. The normalized spacial score (nSPS) is 23.7. The van der Waals surface area contributed by atoms with Gasteiger partial charge in [0.15, 0.2) is 5.13 Å². The number of fused-ring (bicyclic) bond motifs is 1. The van der Waals surface area contributed by atoms with E-state index in [0.717, 1.165) is 57.8 Å². The second-order valence-corrected chi connectivity index (χ2v) is 18.7. The van der Waals surface area contributed by atoms with Crippen LogP contribution in [0.15, 0.2) is 42.3 Å². The van der Waals surface area contributed by atoms with Crippen LogP contribution in [0.2, 0.25) is 0 Å². The zero-order valence-electron chi connectivity index (χ0n) is 34.8. The van der Waals surface area contributed by atoms with Gasteiger partial charge in [0.05, 0.1) is 24.9 Å². The molecule has 0 spiro atoms. The van der Waals surface area contributed by atoms with E-state index in [-0.39, 0.29) is 42.7 Å². The van der Waals surface area contributed by atoms with Crippen molar-refractivity contribution < 1.29 is 43.3 Å². The van der Waals surface area contributed by atoms with E-state index < -0.39 is 53.5 Å². The second-order valence-electron chi connectivity index (χ2n) is 17.8. The molecule has 0 unspecified atom stereocenters. The summed E-state index contributed by atoms with van der Waals surface area (Å²) < 4.78 is 18.0. The van der Waals surface area contributed by atoms with E-state index in [9.17, 15) is 29.1 Å². The van der Waals surface area contributed by atoms with Crippen molar-refractivity contribution in [2.24, 2.45) is 17.3 Å². The van der Waals surface area contributed by atoms with Crippen LogP contribution in [0, 0.1) is 17.3 Å². The molecule has 4 amide bonds. The maximum Gasteiger partial charge on any atom is 0.408 e. The van der Waals surface area contributed by atoms with Crippen molar-refractivity contribution >= 4 is 57.2 Å². The predicted octanol–water partition coefficient (Wildman–Crippen LogP) is 6.85. The molecule has 7 rings (SSSR count). The number of aliphatic carboxylic acids is 1. The average Bonchev–Trinajstić information content (AvgIpc) is 3.62. The van der Waals surface area contributed by atoms with Gasteiger partial charge in [0.1, 0.15) is 47.0 Å². The summed E-state index contributed by atoms with van der Waals surface area (Å²) in [6.45, 7) is 9.70. The Morgan fingerprint density at radius 2 is 1.75 bits per heavy atom. The van der Waals surface area contributed by atoms with Crippen LogP contribution in [-0.4, -0.2) is 93.2 Å². The number of carbonyl (C=O) groups excluding carboxylic acids is 4. The molecule has 3 aromatic rings. The smallest absolute Gasteiger partial charge is 0.408 e. The topological polar surface area (TPSA) is 198 Å². The van der Waals surface area contributed by atoms with Crippen molar-refractivity contribution in [3.05, 3.63) is 42.3 Å². The predicted molar refractivity (Wildman–Crippen MR) is 226 cm³/mol. The lowest BCUT2D eigenvalue weighted by Crippen LogP contribution is -2.58. The lowest BCUT2D eigenvalue weighted by molar-refractivity contribution is -0.146. The number of ether oxygens (including phenoxy) is 3. The molecule has 4 N–H and O–H groups in total. The molecule has 15 nitrogen and oxygen atoms in total. The first-order chi connectivity index (χ1) is 28.7. The Balaban J connectivity index is 1.19. The van der Waals surface area contributed by atoms with Crippen LogP contribution in [0.3, 0.4) is 0 Å². The first kappa shape index (κ1) is 42.9. The number of nitrogens with zero attached hydrogens (tertiary/aromatic N) is 3. The number of hydrogen-bond acceptors (Lipinski definition) is 11. The number of thiazole rings is 1. The van der Waals surface area contributed by atoms with E-state index in [2.05, 4.69) is 27.5 Å². The minimum absolute atomic E-state index is 0.0135. The van der Waals surface area contributed by atoms with Gasteiger partial charge in [-0.2, -0.15) is 0 Å². The average molecular weight is 845 g/mol. The van der Waals surface area contributed by atoms with E-state index in [1.54, 1.807) is 30.7 Å². The zero-order chi connectivity index (χ0) is 42.8. The van der Waals surface area contributed by atoms with Crippen LogP contribution in [0.4, 0.5) is 9.93 Å². The highest BCUT2D eigenvalue weighted by Gasteiger charge is 2.61. The number of pyridine rings is 1. The summed E-state index contributed by atoms with van der Waals surface area (Å²) >= 11 is 1.27. The molecule has 0 bridgehead atoms. The SMILES string of the molecule is C=C[C@@H]1C[C@]1(NC(=O)[C@@H]1C[C@@H](Oc2cc(-c3csc(NC(=O)CC(C)(C)C)n3)nc3cc(OC)ccc23)CN1C(=O)[C@@H](NC(=O)OC1CCCC1)C1CCCCC1)C(=O)O. The lowest BCUT2D eigenvalue weighted by atomic mass is 9.83. The fourth-order valence-electron chi connectivity index (χ4n) is 8.85. The van der Waals surface area contributed by atoms with Crippen LogP contribution >= 0.6 is 11.3 Å². The second kappa shape index (κ2) is 17.8. The summed E-state index contributed by atoms with van der Waals surface area (Å²) in [4.78, 5) is 78.6. The molecule has 2 aromatic heterocycles. The number of nitrogens with one attached hydrogen (secondary N) is 3. The fourth-order valence-corrected chi connectivity index (χ4v) is 9.57. The molecule has 0 radical (unpaired) electrons. The van der Waals surface area contributed by atoms with Gasteiger partial charge in [-0.25, -0.2) is 19.6 Å². The number of carboxylic acid groups (broad SMARTS) is 1. The molecular weight excluding hydrogens is 789 g/mol. The molecule has 1 saturated heterocycles. The van der Waals surface area contributed by atoms with Crippen LogP contribution in [0.25, 0.3) is 22.3 Å². The Kier molecular flexibility index (Phi) is 12.7. The minimum atomic E-state index is -1.52. The fraction of sp³-hybridized carbons (Fsp3) is 0.568. The number of amides is 4. The Labute approximate surface area is 354 Å². The first-order valence-corrected chi connectivity index (χ1v) is 21.9. The third-order valence-electron chi connectivity index (χ3n) is 12.1. The van der Waals surface area contributed by atoms with Gasteiger partial charge in [0.25, 0.3) is 0 Å². The molecule has 1 aliphatic heterocycles. The number of hydrogen-bond donors (Lipinski definition) is 4. The molecule has 3 aliphatic carbocycles.